The van der Waals surface area contributed by atoms with Gasteiger partial charge >= 0.3 is 5.97 Å². The molecular formula is C25H23FN2O3. The van der Waals surface area contributed by atoms with Gasteiger partial charge in [0, 0.05) is 35.4 Å². The van der Waals surface area contributed by atoms with E-state index in [0.29, 0.717) is 5.56 Å². The van der Waals surface area contributed by atoms with Crippen molar-refractivity contribution in [3.8, 4) is 0 Å². The molecular weight excluding hydrogens is 395 g/mol. The van der Waals surface area contributed by atoms with Gasteiger partial charge in [-0.3, -0.25) is 9.59 Å². The van der Waals surface area contributed by atoms with Crippen LogP contribution in [-0.2, 0) is 29.5 Å². The van der Waals surface area contributed by atoms with Gasteiger partial charge in [-0.05, 0) is 35.7 Å². The van der Waals surface area contributed by atoms with E-state index >= 15 is 0 Å². The molecule has 3 aromatic carbocycles. The van der Waals surface area contributed by atoms with Crippen molar-refractivity contribution in [2.24, 2.45) is 7.05 Å². The Balaban J connectivity index is 1.55. The summed E-state index contributed by atoms with van der Waals surface area (Å²) < 4.78 is 16.0. The molecule has 158 valence electrons. The zero-order chi connectivity index (χ0) is 22.0. The molecule has 0 aliphatic rings. The molecule has 0 aliphatic heterocycles. The lowest BCUT2D eigenvalue weighted by atomic mass is 10.1. The van der Waals surface area contributed by atoms with Gasteiger partial charge in [-0.15, -0.1) is 0 Å². The van der Waals surface area contributed by atoms with Crippen molar-refractivity contribution in [2.45, 2.75) is 12.8 Å². The van der Waals surface area contributed by atoms with Gasteiger partial charge in [0.25, 0.3) is 0 Å². The minimum Gasteiger partial charge on any atom is -0.480 e. The van der Waals surface area contributed by atoms with Crippen LogP contribution in [0.15, 0.2) is 66.7 Å². The molecule has 0 atom stereocenters. The van der Waals surface area contributed by atoms with Crippen LogP contribution in [0.4, 0.5) is 4.39 Å². The number of carbonyl (C=O) groups is 2. The molecule has 6 heteroatoms. The van der Waals surface area contributed by atoms with Gasteiger partial charge in [0.15, 0.2) is 0 Å². The lowest BCUT2D eigenvalue weighted by molar-refractivity contribution is -0.144. The van der Waals surface area contributed by atoms with Crippen LogP contribution >= 0.6 is 0 Å². The Morgan fingerprint density at radius 3 is 2.45 bits per heavy atom. The molecule has 1 amide bonds. The Morgan fingerprint density at radius 2 is 1.68 bits per heavy atom. The first-order valence-electron chi connectivity index (χ1n) is 10.1. The molecule has 0 fully saturated rings. The number of amides is 1. The maximum absolute atomic E-state index is 13.9. The Bertz CT molecular complexity index is 1280. The number of hydrogen-bond acceptors (Lipinski definition) is 2. The maximum atomic E-state index is 13.9. The highest BCUT2D eigenvalue weighted by atomic mass is 19.1. The number of hydrogen-bond donors (Lipinski definition) is 1. The Kier molecular flexibility index (Phi) is 5.71. The number of aryl methyl sites for hydroxylation is 1. The number of carbonyl (C=O) groups excluding carboxylic acids is 1. The summed E-state index contributed by atoms with van der Waals surface area (Å²) >= 11 is 0. The summed E-state index contributed by atoms with van der Waals surface area (Å²) in [7, 11) is 1.99. The third kappa shape index (κ3) is 4.28. The van der Waals surface area contributed by atoms with E-state index in [0.717, 1.165) is 27.4 Å². The van der Waals surface area contributed by atoms with E-state index in [9.17, 15) is 19.1 Å². The minimum atomic E-state index is -1.09. The summed E-state index contributed by atoms with van der Waals surface area (Å²) in [6.07, 6.45) is 0.343. The molecule has 0 saturated carbocycles. The number of carboxylic acid groups (broad SMARTS) is 1. The number of para-hydroxylation sites is 1. The number of nitrogens with zero attached hydrogens (tertiary/aromatic N) is 2. The number of aromatic nitrogens is 1. The fourth-order valence-corrected chi connectivity index (χ4v) is 4.01. The first kappa shape index (κ1) is 20.6. The van der Waals surface area contributed by atoms with Crippen LogP contribution in [0, 0.1) is 5.82 Å². The largest absolute Gasteiger partial charge is 0.480 e. The molecule has 0 bridgehead atoms. The third-order valence-electron chi connectivity index (χ3n) is 5.62. The first-order valence-corrected chi connectivity index (χ1v) is 10.1. The van der Waals surface area contributed by atoms with E-state index in [1.807, 2.05) is 37.4 Å². The number of carboxylic acids is 1. The summed E-state index contributed by atoms with van der Waals surface area (Å²) in [4.78, 5) is 25.5. The van der Waals surface area contributed by atoms with Crippen molar-refractivity contribution in [1.29, 1.82) is 0 Å². The number of benzene rings is 3. The van der Waals surface area contributed by atoms with Crippen LogP contribution in [0.2, 0.25) is 0 Å². The predicted octanol–water partition coefficient (Wildman–Crippen LogP) is 4.17. The van der Waals surface area contributed by atoms with Gasteiger partial charge in [0.05, 0.1) is 6.42 Å². The van der Waals surface area contributed by atoms with Gasteiger partial charge in [0.2, 0.25) is 5.91 Å². The van der Waals surface area contributed by atoms with Crippen molar-refractivity contribution >= 4 is 33.7 Å². The molecule has 31 heavy (non-hydrogen) atoms. The Labute approximate surface area is 179 Å². The quantitative estimate of drug-likeness (QED) is 0.490. The lowest BCUT2D eigenvalue weighted by Crippen LogP contribution is -2.38. The standard InChI is InChI=1S/C25H23FN2O3/c1-27-22-9-5-3-7-19(22)20-11-10-17(14-23(20)27)15-24(29)28(16-25(30)31)13-12-18-6-2-4-8-21(18)26/h2-11,14H,12-13,15-16H2,1H3,(H,30,31). The minimum absolute atomic E-state index is 0.0853. The first-order chi connectivity index (χ1) is 14.9. The van der Waals surface area contributed by atoms with Crippen LogP contribution in [-0.4, -0.2) is 39.5 Å². The van der Waals surface area contributed by atoms with Gasteiger partial charge in [-0.1, -0.05) is 48.5 Å². The van der Waals surface area contributed by atoms with Crippen molar-refractivity contribution in [3.05, 3.63) is 83.7 Å². The summed E-state index contributed by atoms with van der Waals surface area (Å²) in [5, 5.41) is 11.5. The normalized spacial score (nSPS) is 11.2. The highest BCUT2D eigenvalue weighted by Crippen LogP contribution is 2.28. The lowest BCUT2D eigenvalue weighted by Gasteiger charge is -2.21. The van der Waals surface area contributed by atoms with Crippen molar-refractivity contribution < 1.29 is 19.1 Å². The Morgan fingerprint density at radius 1 is 0.968 bits per heavy atom. The van der Waals surface area contributed by atoms with E-state index in [1.54, 1.807) is 18.2 Å². The van der Waals surface area contributed by atoms with Crippen LogP contribution in [0.25, 0.3) is 21.8 Å². The van der Waals surface area contributed by atoms with Crippen molar-refractivity contribution in [1.82, 2.24) is 9.47 Å². The smallest absolute Gasteiger partial charge is 0.323 e. The predicted molar refractivity (Wildman–Crippen MR) is 118 cm³/mol. The number of fused-ring (bicyclic) bond motifs is 3. The molecule has 4 rings (SSSR count). The molecule has 0 saturated heterocycles. The average Bonchev–Trinajstić information content (AvgIpc) is 3.04. The van der Waals surface area contributed by atoms with Crippen LogP contribution < -0.4 is 0 Å². The topological polar surface area (TPSA) is 62.5 Å². The Hall–Kier alpha value is -3.67. The zero-order valence-corrected chi connectivity index (χ0v) is 17.2. The number of rotatable bonds is 7. The van der Waals surface area contributed by atoms with Crippen LogP contribution in [0.1, 0.15) is 11.1 Å². The monoisotopic (exact) mass is 418 g/mol. The van der Waals surface area contributed by atoms with Gasteiger partial charge in [-0.2, -0.15) is 0 Å². The molecule has 1 aromatic heterocycles. The van der Waals surface area contributed by atoms with Crippen molar-refractivity contribution in [2.75, 3.05) is 13.1 Å². The van der Waals surface area contributed by atoms with Crippen molar-refractivity contribution in [3.63, 3.8) is 0 Å². The van der Waals surface area contributed by atoms with E-state index in [-0.39, 0.29) is 31.1 Å². The van der Waals surface area contributed by atoms with Crippen LogP contribution in [0.5, 0.6) is 0 Å². The fraction of sp³-hybridized carbons (Fsp3) is 0.200. The summed E-state index contributed by atoms with van der Waals surface area (Å²) in [6.45, 7) is -0.272. The molecule has 1 N–H and O–H groups in total. The van der Waals surface area contributed by atoms with E-state index in [4.69, 9.17) is 0 Å². The second-order valence-corrected chi connectivity index (χ2v) is 7.65. The molecule has 5 nitrogen and oxygen atoms in total. The van der Waals surface area contributed by atoms with Gasteiger partial charge < -0.3 is 14.6 Å². The molecule has 0 radical (unpaired) electrons. The average molecular weight is 418 g/mol. The third-order valence-corrected chi connectivity index (χ3v) is 5.62. The number of aliphatic carboxylic acids is 1. The summed E-state index contributed by atoms with van der Waals surface area (Å²) in [5.41, 5.74) is 3.40. The molecule has 0 spiro atoms. The molecule has 0 aliphatic carbocycles. The van der Waals surface area contributed by atoms with E-state index in [1.165, 1.54) is 11.0 Å². The second kappa shape index (κ2) is 8.60. The fourth-order valence-electron chi connectivity index (χ4n) is 4.01. The SMILES string of the molecule is Cn1c2ccccc2c2ccc(CC(=O)N(CCc3ccccc3F)CC(=O)O)cc21. The van der Waals surface area contributed by atoms with E-state index in [2.05, 4.69) is 16.7 Å². The summed E-state index contributed by atoms with van der Waals surface area (Å²) in [6, 6.07) is 20.3. The summed E-state index contributed by atoms with van der Waals surface area (Å²) in [5.74, 6) is -1.74. The second-order valence-electron chi connectivity index (χ2n) is 7.65. The van der Waals surface area contributed by atoms with Crippen LogP contribution in [0.3, 0.4) is 0 Å². The molecule has 4 aromatic rings. The maximum Gasteiger partial charge on any atom is 0.323 e. The molecule has 0 unspecified atom stereocenters. The number of halogens is 1. The zero-order valence-electron chi connectivity index (χ0n) is 17.2. The van der Waals surface area contributed by atoms with Gasteiger partial charge in [0.1, 0.15) is 12.4 Å². The van der Waals surface area contributed by atoms with Gasteiger partial charge in [-0.25, -0.2) is 4.39 Å². The van der Waals surface area contributed by atoms with E-state index < -0.39 is 12.5 Å². The molecule has 1 heterocycles. The highest BCUT2D eigenvalue weighted by molar-refractivity contribution is 6.08. The highest BCUT2D eigenvalue weighted by Gasteiger charge is 2.18.